The highest BCUT2D eigenvalue weighted by Gasteiger charge is 2.08. The van der Waals surface area contributed by atoms with Gasteiger partial charge in [-0.3, -0.25) is 0 Å². The van der Waals surface area contributed by atoms with Crippen LogP contribution in [0.15, 0.2) is 5.03 Å². The Morgan fingerprint density at radius 2 is 2.15 bits per heavy atom. The van der Waals surface area contributed by atoms with Crippen molar-refractivity contribution in [3.8, 4) is 6.07 Å². The van der Waals surface area contributed by atoms with Crippen LogP contribution in [0.5, 0.6) is 0 Å². The van der Waals surface area contributed by atoms with Gasteiger partial charge in [-0.25, -0.2) is 9.97 Å². The minimum atomic E-state index is 0.602. The van der Waals surface area contributed by atoms with Crippen molar-refractivity contribution < 1.29 is 0 Å². The zero-order valence-electron chi connectivity index (χ0n) is 7.96. The minimum Gasteiger partial charge on any atom is -0.237 e. The van der Waals surface area contributed by atoms with Crippen LogP contribution in [0.2, 0.25) is 0 Å². The third-order valence-electron chi connectivity index (χ3n) is 1.72. The van der Waals surface area contributed by atoms with Crippen molar-refractivity contribution in [3.63, 3.8) is 0 Å². The lowest BCUT2D eigenvalue weighted by Crippen LogP contribution is -2.01. The Kier molecular flexibility index (Phi) is 3.26. The molecular weight excluding hydrogens is 182 g/mol. The van der Waals surface area contributed by atoms with Gasteiger partial charge in [-0.15, -0.1) is 11.8 Å². The molecule has 3 nitrogen and oxygen atoms in total. The third kappa shape index (κ3) is 1.99. The molecule has 1 rings (SSSR count). The van der Waals surface area contributed by atoms with E-state index >= 15 is 0 Å². The molecule has 0 fully saturated rings. The summed E-state index contributed by atoms with van der Waals surface area (Å²) in [7, 11) is 0. The van der Waals surface area contributed by atoms with Crippen LogP contribution in [0.3, 0.4) is 0 Å². The number of hydrogen-bond donors (Lipinski definition) is 0. The smallest absolute Gasteiger partial charge is 0.129 e. The predicted octanol–water partition coefficient (Wildman–Crippen LogP) is 1.94. The van der Waals surface area contributed by atoms with E-state index in [-0.39, 0.29) is 0 Å². The molecule has 1 heterocycles. The van der Waals surface area contributed by atoms with Gasteiger partial charge in [-0.05, 0) is 13.2 Å². The lowest BCUT2D eigenvalue weighted by molar-refractivity contribution is 0.861. The average molecular weight is 193 g/mol. The molecule has 0 aliphatic heterocycles. The summed E-state index contributed by atoms with van der Waals surface area (Å²) in [5.41, 5.74) is 1.38. The van der Waals surface area contributed by atoms with Gasteiger partial charge >= 0.3 is 0 Å². The summed E-state index contributed by atoms with van der Waals surface area (Å²) in [6.07, 6.45) is 2.72. The summed E-state index contributed by atoms with van der Waals surface area (Å²) in [6, 6.07) is 2.12. The van der Waals surface area contributed by atoms with Crippen molar-refractivity contribution >= 4 is 11.8 Å². The molecule has 0 aliphatic carbocycles. The largest absolute Gasteiger partial charge is 0.237 e. The van der Waals surface area contributed by atoms with E-state index < -0.39 is 0 Å². The second-order valence-corrected chi connectivity index (χ2v) is 3.37. The van der Waals surface area contributed by atoms with E-state index in [1.165, 1.54) is 11.8 Å². The fourth-order valence-electron chi connectivity index (χ4n) is 1.04. The number of nitriles is 1. The van der Waals surface area contributed by atoms with Crippen molar-refractivity contribution in [1.29, 1.82) is 5.26 Å². The van der Waals surface area contributed by atoms with Gasteiger partial charge in [-0.2, -0.15) is 5.26 Å². The maximum Gasteiger partial charge on any atom is 0.129 e. The molecule has 0 unspecified atom stereocenters. The summed E-state index contributed by atoms with van der Waals surface area (Å²) >= 11 is 1.49. The highest BCUT2D eigenvalue weighted by Crippen LogP contribution is 2.19. The SMILES string of the molecule is CCc1nc(C)c(C#N)c(SC)n1. The Labute approximate surface area is 82.2 Å². The Morgan fingerprint density at radius 3 is 2.62 bits per heavy atom. The number of aromatic nitrogens is 2. The van der Waals surface area contributed by atoms with Crippen molar-refractivity contribution in [2.45, 2.75) is 25.3 Å². The zero-order valence-corrected chi connectivity index (χ0v) is 8.77. The first-order chi connectivity index (χ1) is 6.22. The van der Waals surface area contributed by atoms with Gasteiger partial charge in [-0.1, -0.05) is 6.92 Å². The van der Waals surface area contributed by atoms with Crippen LogP contribution in [0.4, 0.5) is 0 Å². The molecule has 0 spiro atoms. The Balaban J connectivity index is 3.31. The quantitative estimate of drug-likeness (QED) is 0.532. The van der Waals surface area contributed by atoms with E-state index in [9.17, 15) is 0 Å². The fourth-order valence-corrected chi connectivity index (χ4v) is 1.63. The molecule has 0 radical (unpaired) electrons. The summed E-state index contributed by atoms with van der Waals surface area (Å²) < 4.78 is 0. The summed E-state index contributed by atoms with van der Waals surface area (Å²) in [6.45, 7) is 3.85. The molecule has 0 saturated carbocycles. The number of nitrogens with zero attached hydrogens (tertiary/aromatic N) is 3. The van der Waals surface area contributed by atoms with E-state index in [1.807, 2.05) is 20.1 Å². The van der Waals surface area contributed by atoms with E-state index in [1.54, 1.807) is 0 Å². The molecule has 0 N–H and O–H groups in total. The van der Waals surface area contributed by atoms with Crippen LogP contribution < -0.4 is 0 Å². The number of hydrogen-bond acceptors (Lipinski definition) is 4. The van der Waals surface area contributed by atoms with Gasteiger partial charge in [0.2, 0.25) is 0 Å². The van der Waals surface area contributed by atoms with Gasteiger partial charge in [0.05, 0.1) is 5.69 Å². The summed E-state index contributed by atoms with van der Waals surface area (Å²) in [4.78, 5) is 8.49. The molecule has 0 aliphatic rings. The molecule has 4 heteroatoms. The molecule has 1 aromatic heterocycles. The maximum absolute atomic E-state index is 8.85. The van der Waals surface area contributed by atoms with Gasteiger partial charge < -0.3 is 0 Å². The fraction of sp³-hybridized carbons (Fsp3) is 0.444. The normalized spacial score (nSPS) is 9.69. The molecular formula is C9H11N3S. The molecule has 0 aromatic carbocycles. The maximum atomic E-state index is 8.85. The van der Waals surface area contributed by atoms with Crippen LogP contribution in [-0.4, -0.2) is 16.2 Å². The Bertz CT molecular complexity index is 355. The average Bonchev–Trinajstić information content (AvgIpc) is 2.16. The number of aryl methyl sites for hydroxylation is 2. The highest BCUT2D eigenvalue weighted by atomic mass is 32.2. The van der Waals surface area contributed by atoms with Crippen molar-refractivity contribution in [3.05, 3.63) is 17.1 Å². The lowest BCUT2D eigenvalue weighted by atomic mass is 10.2. The van der Waals surface area contributed by atoms with Crippen LogP contribution in [0.25, 0.3) is 0 Å². The van der Waals surface area contributed by atoms with Crippen molar-refractivity contribution in [2.75, 3.05) is 6.26 Å². The van der Waals surface area contributed by atoms with E-state index in [4.69, 9.17) is 5.26 Å². The standard InChI is InChI=1S/C9H11N3S/c1-4-8-11-6(2)7(5-10)9(12-8)13-3/h4H2,1-3H3. The van der Waals surface area contributed by atoms with Gasteiger partial charge in [0.15, 0.2) is 0 Å². The van der Waals surface area contributed by atoms with Gasteiger partial charge in [0.1, 0.15) is 22.5 Å². The minimum absolute atomic E-state index is 0.602. The second kappa shape index (κ2) is 4.24. The lowest BCUT2D eigenvalue weighted by Gasteiger charge is -2.04. The first-order valence-corrected chi connectivity index (χ1v) is 5.27. The summed E-state index contributed by atoms with van der Waals surface area (Å²) in [5.74, 6) is 0.806. The van der Waals surface area contributed by atoms with Crippen LogP contribution in [-0.2, 0) is 6.42 Å². The molecule has 13 heavy (non-hydrogen) atoms. The van der Waals surface area contributed by atoms with E-state index in [0.717, 1.165) is 23.0 Å². The van der Waals surface area contributed by atoms with Crippen LogP contribution in [0, 0.1) is 18.3 Å². The zero-order chi connectivity index (χ0) is 9.84. The topological polar surface area (TPSA) is 49.6 Å². The highest BCUT2D eigenvalue weighted by molar-refractivity contribution is 7.98. The molecule has 0 saturated heterocycles. The number of rotatable bonds is 2. The molecule has 0 bridgehead atoms. The second-order valence-electron chi connectivity index (χ2n) is 2.57. The Hall–Kier alpha value is -1.08. The van der Waals surface area contributed by atoms with Crippen molar-refractivity contribution in [2.24, 2.45) is 0 Å². The predicted molar refractivity (Wildman–Crippen MR) is 52.6 cm³/mol. The van der Waals surface area contributed by atoms with E-state index in [2.05, 4.69) is 16.0 Å². The first kappa shape index (κ1) is 10.0. The van der Waals surface area contributed by atoms with Crippen LogP contribution >= 0.6 is 11.8 Å². The molecule has 0 atom stereocenters. The summed E-state index contributed by atoms with van der Waals surface area (Å²) in [5, 5.41) is 9.63. The monoisotopic (exact) mass is 193 g/mol. The molecule has 0 amide bonds. The number of thioether (sulfide) groups is 1. The third-order valence-corrected chi connectivity index (χ3v) is 2.41. The molecule has 68 valence electrons. The molecule has 1 aromatic rings. The van der Waals surface area contributed by atoms with E-state index in [0.29, 0.717) is 5.56 Å². The Morgan fingerprint density at radius 1 is 1.46 bits per heavy atom. The first-order valence-electron chi connectivity index (χ1n) is 4.04. The van der Waals surface area contributed by atoms with Gasteiger partial charge in [0, 0.05) is 6.42 Å². The van der Waals surface area contributed by atoms with Crippen LogP contribution in [0.1, 0.15) is 24.0 Å². The van der Waals surface area contributed by atoms with Crippen molar-refractivity contribution in [1.82, 2.24) is 9.97 Å². The van der Waals surface area contributed by atoms with Gasteiger partial charge in [0.25, 0.3) is 0 Å².